The zero-order valence-corrected chi connectivity index (χ0v) is 16.4. The second-order valence-electron chi connectivity index (χ2n) is 6.95. The Balaban J connectivity index is 1.60. The first kappa shape index (κ1) is 18.3. The van der Waals surface area contributed by atoms with Crippen LogP contribution in [0.3, 0.4) is 0 Å². The van der Waals surface area contributed by atoms with Gasteiger partial charge in [-0.1, -0.05) is 6.92 Å². The SMILES string of the molecule is CCOc1cccn2c(C(=O)Nc3ccc(N4CCCC4)cc3)c(CC)nc12. The molecule has 0 radical (unpaired) electrons. The fourth-order valence-corrected chi connectivity index (χ4v) is 3.77. The van der Waals surface area contributed by atoms with Gasteiger partial charge in [0.2, 0.25) is 0 Å². The van der Waals surface area contributed by atoms with Gasteiger partial charge in [0, 0.05) is 30.7 Å². The van der Waals surface area contributed by atoms with Gasteiger partial charge in [0.15, 0.2) is 11.4 Å². The third-order valence-corrected chi connectivity index (χ3v) is 5.13. The number of imidazole rings is 1. The van der Waals surface area contributed by atoms with E-state index < -0.39 is 0 Å². The number of carbonyl (C=O) groups excluding carboxylic acids is 1. The van der Waals surface area contributed by atoms with Gasteiger partial charge in [-0.3, -0.25) is 9.20 Å². The Morgan fingerprint density at radius 1 is 1.14 bits per heavy atom. The number of aryl methyl sites for hydroxylation is 1. The number of nitrogens with zero attached hydrogens (tertiary/aromatic N) is 3. The molecule has 0 aliphatic carbocycles. The van der Waals surface area contributed by atoms with Gasteiger partial charge in [0.25, 0.3) is 5.91 Å². The maximum Gasteiger partial charge on any atom is 0.274 e. The molecule has 6 nitrogen and oxygen atoms in total. The maximum atomic E-state index is 13.1. The van der Waals surface area contributed by atoms with Gasteiger partial charge < -0.3 is 15.0 Å². The average molecular weight is 378 g/mol. The Morgan fingerprint density at radius 3 is 2.57 bits per heavy atom. The highest BCUT2D eigenvalue weighted by molar-refractivity contribution is 6.04. The number of pyridine rings is 1. The minimum absolute atomic E-state index is 0.160. The van der Waals surface area contributed by atoms with Crippen LogP contribution in [0.4, 0.5) is 11.4 Å². The van der Waals surface area contributed by atoms with E-state index in [0.717, 1.165) is 24.5 Å². The molecule has 4 rings (SSSR count). The predicted molar refractivity (Wildman–Crippen MR) is 112 cm³/mol. The molecule has 1 aliphatic rings. The van der Waals surface area contributed by atoms with Crippen LogP contribution in [-0.4, -0.2) is 35.0 Å². The summed E-state index contributed by atoms with van der Waals surface area (Å²) in [5.41, 5.74) is 3.99. The molecule has 146 valence electrons. The number of benzene rings is 1. The van der Waals surface area contributed by atoms with E-state index in [9.17, 15) is 4.79 Å². The first-order chi connectivity index (χ1) is 13.7. The molecule has 0 spiro atoms. The van der Waals surface area contributed by atoms with E-state index in [1.165, 1.54) is 18.5 Å². The minimum Gasteiger partial charge on any atom is -0.490 e. The number of rotatable bonds is 6. The van der Waals surface area contributed by atoms with E-state index in [4.69, 9.17) is 4.74 Å². The van der Waals surface area contributed by atoms with Crippen LogP contribution in [-0.2, 0) is 6.42 Å². The van der Waals surface area contributed by atoms with Crippen LogP contribution in [0.2, 0.25) is 0 Å². The zero-order valence-electron chi connectivity index (χ0n) is 16.4. The molecule has 3 heterocycles. The van der Waals surface area contributed by atoms with Crippen molar-refractivity contribution in [2.75, 3.05) is 29.9 Å². The molecule has 6 heteroatoms. The molecule has 1 aliphatic heterocycles. The summed E-state index contributed by atoms with van der Waals surface area (Å²) in [6.07, 6.45) is 5.02. The van der Waals surface area contributed by atoms with Gasteiger partial charge in [-0.25, -0.2) is 4.98 Å². The van der Waals surface area contributed by atoms with Crippen molar-refractivity contribution in [2.45, 2.75) is 33.1 Å². The Morgan fingerprint density at radius 2 is 1.89 bits per heavy atom. The lowest BCUT2D eigenvalue weighted by Crippen LogP contribution is -2.18. The van der Waals surface area contributed by atoms with Crippen LogP contribution in [0.5, 0.6) is 5.75 Å². The summed E-state index contributed by atoms with van der Waals surface area (Å²) in [7, 11) is 0. The number of anilines is 2. The molecule has 1 aromatic carbocycles. The number of nitrogens with one attached hydrogen (secondary N) is 1. The summed E-state index contributed by atoms with van der Waals surface area (Å²) in [5.74, 6) is 0.528. The number of amides is 1. The fourth-order valence-electron chi connectivity index (χ4n) is 3.77. The summed E-state index contributed by atoms with van der Waals surface area (Å²) in [6.45, 7) is 6.71. The molecule has 1 fully saturated rings. The van der Waals surface area contributed by atoms with Crippen molar-refractivity contribution in [3.05, 3.63) is 54.0 Å². The normalized spacial score (nSPS) is 13.9. The van der Waals surface area contributed by atoms with Gasteiger partial charge in [-0.15, -0.1) is 0 Å². The van der Waals surface area contributed by atoms with E-state index in [1.54, 1.807) is 0 Å². The van der Waals surface area contributed by atoms with Crippen LogP contribution < -0.4 is 15.0 Å². The molecule has 0 unspecified atom stereocenters. The third kappa shape index (κ3) is 3.42. The first-order valence-electron chi connectivity index (χ1n) is 10.0. The van der Waals surface area contributed by atoms with Gasteiger partial charge in [0.05, 0.1) is 12.3 Å². The lowest BCUT2D eigenvalue weighted by molar-refractivity contribution is 0.102. The smallest absolute Gasteiger partial charge is 0.274 e. The van der Waals surface area contributed by atoms with Crippen molar-refractivity contribution in [1.29, 1.82) is 0 Å². The Labute approximate surface area is 165 Å². The van der Waals surface area contributed by atoms with Crippen molar-refractivity contribution in [2.24, 2.45) is 0 Å². The van der Waals surface area contributed by atoms with Gasteiger partial charge in [0.1, 0.15) is 5.69 Å². The number of hydrogen-bond acceptors (Lipinski definition) is 4. The van der Waals surface area contributed by atoms with Gasteiger partial charge >= 0.3 is 0 Å². The lowest BCUT2D eigenvalue weighted by atomic mass is 10.2. The van der Waals surface area contributed by atoms with E-state index in [0.29, 0.717) is 30.1 Å². The largest absolute Gasteiger partial charge is 0.490 e. The molecule has 2 aromatic heterocycles. The lowest BCUT2D eigenvalue weighted by Gasteiger charge is -2.17. The summed E-state index contributed by atoms with van der Waals surface area (Å²) < 4.78 is 7.49. The van der Waals surface area contributed by atoms with E-state index >= 15 is 0 Å². The maximum absolute atomic E-state index is 13.1. The first-order valence-corrected chi connectivity index (χ1v) is 10.0. The average Bonchev–Trinajstić information content (AvgIpc) is 3.37. The monoisotopic (exact) mass is 378 g/mol. The summed E-state index contributed by atoms with van der Waals surface area (Å²) in [6, 6.07) is 11.8. The van der Waals surface area contributed by atoms with Crippen molar-refractivity contribution in [3.8, 4) is 5.75 Å². The van der Waals surface area contributed by atoms with Gasteiger partial charge in [-0.2, -0.15) is 0 Å². The molecule has 3 aromatic rings. The second kappa shape index (κ2) is 7.92. The number of fused-ring (bicyclic) bond motifs is 1. The highest BCUT2D eigenvalue weighted by Crippen LogP contribution is 2.25. The van der Waals surface area contributed by atoms with Crippen molar-refractivity contribution < 1.29 is 9.53 Å². The van der Waals surface area contributed by atoms with Crippen LogP contribution in [0.25, 0.3) is 5.65 Å². The Hall–Kier alpha value is -3.02. The number of carbonyl (C=O) groups is 1. The third-order valence-electron chi connectivity index (χ3n) is 5.13. The van der Waals surface area contributed by atoms with Crippen LogP contribution in [0.15, 0.2) is 42.6 Å². The Bertz CT molecular complexity index is 972. The number of hydrogen-bond donors (Lipinski definition) is 1. The summed E-state index contributed by atoms with van der Waals surface area (Å²) >= 11 is 0. The highest BCUT2D eigenvalue weighted by atomic mass is 16.5. The van der Waals surface area contributed by atoms with Crippen LogP contribution in [0.1, 0.15) is 42.9 Å². The topological polar surface area (TPSA) is 58.9 Å². The van der Waals surface area contributed by atoms with E-state index in [-0.39, 0.29) is 5.91 Å². The quantitative estimate of drug-likeness (QED) is 0.700. The molecule has 0 saturated carbocycles. The molecule has 1 saturated heterocycles. The summed E-state index contributed by atoms with van der Waals surface area (Å²) in [5, 5.41) is 3.02. The summed E-state index contributed by atoms with van der Waals surface area (Å²) in [4.78, 5) is 20.1. The molecule has 0 atom stereocenters. The Kier molecular flexibility index (Phi) is 5.19. The minimum atomic E-state index is -0.160. The molecular formula is C22H26N4O2. The predicted octanol–water partition coefficient (Wildman–Crippen LogP) is 4.15. The van der Waals surface area contributed by atoms with Crippen LogP contribution >= 0.6 is 0 Å². The molecule has 1 amide bonds. The van der Waals surface area contributed by atoms with Gasteiger partial charge in [-0.05, 0) is 62.6 Å². The number of ether oxygens (including phenoxy) is 1. The van der Waals surface area contributed by atoms with E-state index in [1.807, 2.05) is 48.7 Å². The molecule has 28 heavy (non-hydrogen) atoms. The molecule has 1 N–H and O–H groups in total. The van der Waals surface area contributed by atoms with Crippen LogP contribution in [0, 0.1) is 0 Å². The van der Waals surface area contributed by atoms with Crippen molar-refractivity contribution in [1.82, 2.24) is 9.38 Å². The van der Waals surface area contributed by atoms with Crippen molar-refractivity contribution >= 4 is 22.9 Å². The molecular weight excluding hydrogens is 352 g/mol. The van der Waals surface area contributed by atoms with Crippen molar-refractivity contribution in [3.63, 3.8) is 0 Å². The fraction of sp³-hybridized carbons (Fsp3) is 0.364. The second-order valence-corrected chi connectivity index (χ2v) is 6.95. The highest BCUT2D eigenvalue weighted by Gasteiger charge is 2.20. The standard InChI is InChI=1S/C22H26N4O2/c1-3-18-20(26-15-7-8-19(28-4-2)21(26)24-18)22(27)23-16-9-11-17(12-10-16)25-13-5-6-14-25/h7-12,15H,3-6,13-14H2,1-2H3,(H,23,27). The number of aromatic nitrogens is 2. The zero-order chi connectivity index (χ0) is 19.5. The van der Waals surface area contributed by atoms with E-state index in [2.05, 4.69) is 27.3 Å². The molecule has 0 bridgehead atoms.